The Morgan fingerprint density at radius 2 is 1.86 bits per heavy atom. The molecule has 1 unspecified atom stereocenters. The van der Waals surface area contributed by atoms with E-state index in [0.717, 1.165) is 45.6 Å². The fourth-order valence-corrected chi connectivity index (χ4v) is 2.93. The molecule has 1 N–H and O–H groups in total. The van der Waals surface area contributed by atoms with Gasteiger partial charge in [0.2, 0.25) is 5.91 Å². The highest BCUT2D eigenvalue weighted by molar-refractivity contribution is 5.83. The second-order valence-electron chi connectivity index (χ2n) is 6.79. The standard InChI is InChI=1S/C15H27N3O3/c1-15(2,3)21-13(19)11-18-8-4-5-12(18)14(20)17-9-6-16-7-10-17/h12,16H,4-11H2,1-3H3. The number of carbonyl (C=O) groups excluding carboxylic acids is 2. The molecule has 6 nitrogen and oxygen atoms in total. The molecule has 0 bridgehead atoms. The van der Waals surface area contributed by atoms with E-state index in [1.807, 2.05) is 30.6 Å². The first kappa shape index (κ1) is 16.2. The Morgan fingerprint density at radius 3 is 2.48 bits per heavy atom. The van der Waals surface area contributed by atoms with Gasteiger partial charge in [0.05, 0.1) is 12.6 Å². The van der Waals surface area contributed by atoms with Gasteiger partial charge in [-0.25, -0.2) is 0 Å². The molecule has 2 rings (SSSR count). The Labute approximate surface area is 126 Å². The molecule has 2 fully saturated rings. The summed E-state index contributed by atoms with van der Waals surface area (Å²) in [5, 5.41) is 3.25. The first-order valence-corrected chi connectivity index (χ1v) is 7.82. The van der Waals surface area contributed by atoms with Crippen LogP contribution in [-0.2, 0) is 14.3 Å². The van der Waals surface area contributed by atoms with Crippen LogP contribution >= 0.6 is 0 Å². The summed E-state index contributed by atoms with van der Waals surface area (Å²) < 4.78 is 5.36. The molecule has 120 valence electrons. The summed E-state index contributed by atoms with van der Waals surface area (Å²) >= 11 is 0. The molecular weight excluding hydrogens is 270 g/mol. The van der Waals surface area contributed by atoms with Gasteiger partial charge in [-0.2, -0.15) is 0 Å². The summed E-state index contributed by atoms with van der Waals surface area (Å²) in [6.45, 7) is 9.80. The lowest BCUT2D eigenvalue weighted by atomic mass is 10.1. The van der Waals surface area contributed by atoms with Crippen LogP contribution in [0.3, 0.4) is 0 Å². The zero-order valence-corrected chi connectivity index (χ0v) is 13.4. The van der Waals surface area contributed by atoms with E-state index >= 15 is 0 Å². The summed E-state index contributed by atoms with van der Waals surface area (Å²) in [7, 11) is 0. The van der Waals surface area contributed by atoms with Crippen molar-refractivity contribution in [3.8, 4) is 0 Å². The quantitative estimate of drug-likeness (QED) is 0.755. The summed E-state index contributed by atoms with van der Waals surface area (Å²) in [5.74, 6) is -0.0833. The first-order valence-electron chi connectivity index (χ1n) is 7.82. The predicted molar refractivity (Wildman–Crippen MR) is 79.9 cm³/mol. The van der Waals surface area contributed by atoms with E-state index in [9.17, 15) is 9.59 Å². The molecule has 1 amide bonds. The SMILES string of the molecule is CC(C)(C)OC(=O)CN1CCCC1C(=O)N1CCNCC1. The number of hydrogen-bond donors (Lipinski definition) is 1. The van der Waals surface area contributed by atoms with Gasteiger partial charge >= 0.3 is 5.97 Å². The lowest BCUT2D eigenvalue weighted by Gasteiger charge is -2.33. The van der Waals surface area contributed by atoms with Gasteiger partial charge in [-0.15, -0.1) is 0 Å². The van der Waals surface area contributed by atoms with Crippen molar-refractivity contribution in [1.82, 2.24) is 15.1 Å². The number of nitrogens with zero attached hydrogens (tertiary/aromatic N) is 2. The van der Waals surface area contributed by atoms with Crippen LogP contribution in [0.5, 0.6) is 0 Å². The molecule has 0 aromatic rings. The normalized spacial score (nSPS) is 24.1. The number of likely N-dealkylation sites (tertiary alicyclic amines) is 1. The lowest BCUT2D eigenvalue weighted by molar-refractivity contribution is -0.157. The van der Waals surface area contributed by atoms with Gasteiger partial charge in [-0.1, -0.05) is 0 Å². The molecule has 0 aromatic carbocycles. The van der Waals surface area contributed by atoms with E-state index in [4.69, 9.17) is 4.74 Å². The highest BCUT2D eigenvalue weighted by Gasteiger charge is 2.35. The third-order valence-electron chi connectivity index (χ3n) is 3.83. The van der Waals surface area contributed by atoms with E-state index in [2.05, 4.69) is 5.32 Å². The summed E-state index contributed by atoms with van der Waals surface area (Å²) in [6.07, 6.45) is 1.80. The molecule has 1 atom stereocenters. The number of piperazine rings is 1. The number of amides is 1. The van der Waals surface area contributed by atoms with Crippen LogP contribution in [0.2, 0.25) is 0 Å². The van der Waals surface area contributed by atoms with Crippen molar-refractivity contribution in [2.45, 2.75) is 45.3 Å². The van der Waals surface area contributed by atoms with Gasteiger partial charge in [0.15, 0.2) is 0 Å². The lowest BCUT2D eigenvalue weighted by Crippen LogP contribution is -2.53. The molecular formula is C15H27N3O3. The molecule has 2 aliphatic rings. The van der Waals surface area contributed by atoms with Gasteiger partial charge < -0.3 is 15.0 Å². The van der Waals surface area contributed by atoms with E-state index in [-0.39, 0.29) is 24.5 Å². The topological polar surface area (TPSA) is 61.9 Å². The fourth-order valence-electron chi connectivity index (χ4n) is 2.93. The average Bonchev–Trinajstić information content (AvgIpc) is 2.84. The van der Waals surface area contributed by atoms with Crippen molar-refractivity contribution in [3.63, 3.8) is 0 Å². The second kappa shape index (κ2) is 6.75. The van der Waals surface area contributed by atoms with Gasteiger partial charge in [0.25, 0.3) is 0 Å². The Balaban J connectivity index is 1.90. The molecule has 2 saturated heterocycles. The Hall–Kier alpha value is -1.14. The predicted octanol–water partition coefficient (Wildman–Crippen LogP) is 0.224. The number of ether oxygens (including phenoxy) is 1. The molecule has 2 aliphatic heterocycles. The number of hydrogen-bond acceptors (Lipinski definition) is 5. The van der Waals surface area contributed by atoms with Crippen molar-refractivity contribution >= 4 is 11.9 Å². The number of carbonyl (C=O) groups is 2. The van der Waals surface area contributed by atoms with Gasteiger partial charge in [-0.3, -0.25) is 14.5 Å². The molecule has 0 radical (unpaired) electrons. The smallest absolute Gasteiger partial charge is 0.320 e. The van der Waals surface area contributed by atoms with Crippen molar-refractivity contribution in [1.29, 1.82) is 0 Å². The van der Waals surface area contributed by atoms with E-state index in [1.165, 1.54) is 0 Å². The molecule has 6 heteroatoms. The number of nitrogens with one attached hydrogen (secondary N) is 1. The Bertz CT molecular complexity index is 386. The Kier molecular flexibility index (Phi) is 5.22. The molecule has 0 aromatic heterocycles. The van der Waals surface area contributed by atoms with Crippen LogP contribution in [0.15, 0.2) is 0 Å². The highest BCUT2D eigenvalue weighted by Crippen LogP contribution is 2.20. The minimum absolute atomic E-state index is 0.157. The Morgan fingerprint density at radius 1 is 1.19 bits per heavy atom. The largest absolute Gasteiger partial charge is 0.459 e. The van der Waals surface area contributed by atoms with E-state index in [1.54, 1.807) is 0 Å². The van der Waals surface area contributed by atoms with Gasteiger partial charge in [-0.05, 0) is 40.2 Å². The summed E-state index contributed by atoms with van der Waals surface area (Å²) in [6, 6.07) is -0.157. The maximum atomic E-state index is 12.6. The zero-order valence-electron chi connectivity index (χ0n) is 13.4. The van der Waals surface area contributed by atoms with Crippen molar-refractivity contribution < 1.29 is 14.3 Å². The van der Waals surface area contributed by atoms with Crippen LogP contribution in [0.4, 0.5) is 0 Å². The maximum absolute atomic E-state index is 12.6. The minimum atomic E-state index is -0.477. The first-order chi connectivity index (χ1) is 9.87. The maximum Gasteiger partial charge on any atom is 0.320 e. The van der Waals surface area contributed by atoms with Crippen LogP contribution in [-0.4, -0.2) is 72.6 Å². The number of rotatable bonds is 3. The van der Waals surface area contributed by atoms with Crippen molar-refractivity contribution in [3.05, 3.63) is 0 Å². The van der Waals surface area contributed by atoms with Crippen molar-refractivity contribution in [2.75, 3.05) is 39.3 Å². The molecule has 0 aliphatic carbocycles. The summed E-state index contributed by atoms with van der Waals surface area (Å²) in [5.41, 5.74) is -0.477. The van der Waals surface area contributed by atoms with Crippen molar-refractivity contribution in [2.24, 2.45) is 0 Å². The molecule has 0 saturated carbocycles. The number of esters is 1. The molecule has 2 heterocycles. The van der Waals surface area contributed by atoms with Crippen LogP contribution in [0.1, 0.15) is 33.6 Å². The second-order valence-corrected chi connectivity index (χ2v) is 6.79. The van der Waals surface area contributed by atoms with Crippen LogP contribution in [0.25, 0.3) is 0 Å². The highest BCUT2D eigenvalue weighted by atomic mass is 16.6. The third kappa shape index (κ3) is 4.68. The zero-order chi connectivity index (χ0) is 15.5. The van der Waals surface area contributed by atoms with Crippen LogP contribution in [0, 0.1) is 0 Å². The van der Waals surface area contributed by atoms with Gasteiger partial charge in [0.1, 0.15) is 5.60 Å². The third-order valence-corrected chi connectivity index (χ3v) is 3.83. The average molecular weight is 297 g/mol. The minimum Gasteiger partial charge on any atom is -0.459 e. The van der Waals surface area contributed by atoms with Gasteiger partial charge in [0, 0.05) is 26.2 Å². The molecule has 21 heavy (non-hydrogen) atoms. The fraction of sp³-hybridized carbons (Fsp3) is 0.867. The van der Waals surface area contributed by atoms with E-state index in [0.29, 0.717) is 0 Å². The monoisotopic (exact) mass is 297 g/mol. The van der Waals surface area contributed by atoms with Crippen LogP contribution < -0.4 is 5.32 Å². The summed E-state index contributed by atoms with van der Waals surface area (Å²) in [4.78, 5) is 28.4. The molecule has 0 spiro atoms. The van der Waals surface area contributed by atoms with E-state index < -0.39 is 5.60 Å².